The molecular formula is C18H29N3O3. The van der Waals surface area contributed by atoms with Crippen molar-refractivity contribution >= 4 is 11.9 Å². The summed E-state index contributed by atoms with van der Waals surface area (Å²) in [6, 6.07) is 1.94. The summed E-state index contributed by atoms with van der Waals surface area (Å²) >= 11 is 0. The SMILES string of the molecule is COC(=O)CCCCCNC(=O)c1cc(C2CC2)n(C(C)(C)C)n1. The number of nitrogens with one attached hydrogen (secondary N) is 1. The van der Waals surface area contributed by atoms with Crippen molar-refractivity contribution in [2.24, 2.45) is 0 Å². The van der Waals surface area contributed by atoms with E-state index < -0.39 is 0 Å². The van der Waals surface area contributed by atoms with Crippen LogP contribution in [0.5, 0.6) is 0 Å². The van der Waals surface area contributed by atoms with E-state index in [1.54, 1.807) is 0 Å². The minimum Gasteiger partial charge on any atom is -0.469 e. The lowest BCUT2D eigenvalue weighted by Gasteiger charge is -2.22. The Bertz CT molecular complexity index is 583. The van der Waals surface area contributed by atoms with E-state index in [-0.39, 0.29) is 17.4 Å². The van der Waals surface area contributed by atoms with Crippen LogP contribution < -0.4 is 5.32 Å². The van der Waals surface area contributed by atoms with Crippen molar-refractivity contribution in [1.82, 2.24) is 15.1 Å². The molecule has 6 nitrogen and oxygen atoms in total. The lowest BCUT2D eigenvalue weighted by Crippen LogP contribution is -2.27. The number of hydrogen-bond donors (Lipinski definition) is 1. The summed E-state index contributed by atoms with van der Waals surface area (Å²) in [7, 11) is 1.40. The number of hydrogen-bond acceptors (Lipinski definition) is 4. The number of unbranched alkanes of at least 4 members (excludes halogenated alkanes) is 2. The van der Waals surface area contributed by atoms with E-state index in [9.17, 15) is 9.59 Å². The Morgan fingerprint density at radius 2 is 2.00 bits per heavy atom. The first-order valence-electron chi connectivity index (χ1n) is 8.78. The van der Waals surface area contributed by atoms with Gasteiger partial charge in [0.15, 0.2) is 0 Å². The first kappa shape index (κ1) is 18.5. The molecule has 2 rings (SSSR count). The van der Waals surface area contributed by atoms with E-state index in [0.29, 0.717) is 24.6 Å². The molecule has 134 valence electrons. The first-order valence-corrected chi connectivity index (χ1v) is 8.78. The molecule has 24 heavy (non-hydrogen) atoms. The maximum absolute atomic E-state index is 12.3. The van der Waals surface area contributed by atoms with Gasteiger partial charge in [0.2, 0.25) is 0 Å². The predicted molar refractivity (Wildman–Crippen MR) is 92.0 cm³/mol. The van der Waals surface area contributed by atoms with Crippen LogP contribution >= 0.6 is 0 Å². The Morgan fingerprint density at radius 3 is 2.58 bits per heavy atom. The van der Waals surface area contributed by atoms with Gasteiger partial charge in [0.05, 0.1) is 12.6 Å². The molecule has 0 unspecified atom stereocenters. The highest BCUT2D eigenvalue weighted by Crippen LogP contribution is 2.41. The van der Waals surface area contributed by atoms with Crippen molar-refractivity contribution < 1.29 is 14.3 Å². The number of methoxy groups -OCH3 is 1. The summed E-state index contributed by atoms with van der Waals surface area (Å²) in [6.07, 6.45) is 5.32. The normalized spacial score (nSPS) is 14.5. The van der Waals surface area contributed by atoms with Gasteiger partial charge < -0.3 is 10.1 Å². The van der Waals surface area contributed by atoms with Gasteiger partial charge in [-0.05, 0) is 52.5 Å². The fourth-order valence-corrected chi connectivity index (χ4v) is 2.68. The van der Waals surface area contributed by atoms with Crippen LogP contribution in [0.1, 0.15) is 81.4 Å². The second-order valence-electron chi connectivity index (χ2n) is 7.45. The largest absolute Gasteiger partial charge is 0.469 e. The molecule has 1 aromatic heterocycles. The lowest BCUT2D eigenvalue weighted by atomic mass is 10.1. The molecule has 1 N–H and O–H groups in total. The average Bonchev–Trinajstić information content (AvgIpc) is 3.26. The molecule has 0 aromatic carbocycles. The van der Waals surface area contributed by atoms with Crippen LogP contribution in [0, 0.1) is 0 Å². The number of nitrogens with zero attached hydrogens (tertiary/aromatic N) is 2. The highest BCUT2D eigenvalue weighted by Gasteiger charge is 2.32. The van der Waals surface area contributed by atoms with Crippen LogP contribution in [0.25, 0.3) is 0 Å². The third-order valence-corrected chi connectivity index (χ3v) is 4.17. The molecule has 1 amide bonds. The fraction of sp³-hybridized carbons (Fsp3) is 0.722. The maximum Gasteiger partial charge on any atom is 0.305 e. The summed E-state index contributed by atoms with van der Waals surface area (Å²) in [4.78, 5) is 23.3. The van der Waals surface area contributed by atoms with Crippen molar-refractivity contribution in [3.8, 4) is 0 Å². The molecule has 1 saturated carbocycles. The summed E-state index contributed by atoms with van der Waals surface area (Å²) in [5, 5.41) is 7.46. The Labute approximate surface area is 143 Å². The third kappa shape index (κ3) is 5.08. The standard InChI is InChI=1S/C18H29N3O3/c1-18(2,3)21-15(13-9-10-13)12-14(20-21)17(23)19-11-7-5-6-8-16(22)24-4/h12-13H,5-11H2,1-4H3,(H,19,23). The van der Waals surface area contributed by atoms with Crippen molar-refractivity contribution in [1.29, 1.82) is 0 Å². The van der Waals surface area contributed by atoms with Gasteiger partial charge in [-0.1, -0.05) is 6.42 Å². The number of carbonyl (C=O) groups is 2. The highest BCUT2D eigenvalue weighted by atomic mass is 16.5. The fourth-order valence-electron chi connectivity index (χ4n) is 2.68. The summed E-state index contributed by atoms with van der Waals surface area (Å²) in [5.74, 6) is 0.254. The van der Waals surface area contributed by atoms with Crippen LogP contribution in [0.15, 0.2) is 6.07 Å². The molecule has 6 heteroatoms. The van der Waals surface area contributed by atoms with Crippen molar-refractivity contribution in [2.75, 3.05) is 13.7 Å². The molecule has 0 saturated heterocycles. The number of aromatic nitrogens is 2. The number of ether oxygens (including phenoxy) is 1. The zero-order chi connectivity index (χ0) is 17.7. The van der Waals surface area contributed by atoms with Gasteiger partial charge >= 0.3 is 5.97 Å². The molecule has 1 heterocycles. The predicted octanol–water partition coefficient (Wildman–Crippen LogP) is 2.98. The summed E-state index contributed by atoms with van der Waals surface area (Å²) in [5.41, 5.74) is 1.55. The van der Waals surface area contributed by atoms with Crippen LogP contribution in [0.4, 0.5) is 0 Å². The van der Waals surface area contributed by atoms with Crippen molar-refractivity contribution in [3.63, 3.8) is 0 Å². The van der Waals surface area contributed by atoms with Gasteiger partial charge in [0, 0.05) is 24.6 Å². The molecule has 0 aliphatic heterocycles. The Morgan fingerprint density at radius 1 is 1.29 bits per heavy atom. The molecule has 0 radical (unpaired) electrons. The van der Waals surface area contributed by atoms with E-state index in [1.807, 2.05) is 10.7 Å². The van der Waals surface area contributed by atoms with Crippen LogP contribution in [0.3, 0.4) is 0 Å². The molecule has 1 aromatic rings. The van der Waals surface area contributed by atoms with Gasteiger partial charge in [0.25, 0.3) is 5.91 Å². The lowest BCUT2D eigenvalue weighted by molar-refractivity contribution is -0.140. The van der Waals surface area contributed by atoms with Gasteiger partial charge in [-0.2, -0.15) is 5.10 Å². The monoisotopic (exact) mass is 335 g/mol. The highest BCUT2D eigenvalue weighted by molar-refractivity contribution is 5.92. The zero-order valence-corrected chi connectivity index (χ0v) is 15.2. The Balaban J connectivity index is 1.81. The van der Waals surface area contributed by atoms with E-state index in [2.05, 4.69) is 35.9 Å². The molecule has 1 fully saturated rings. The van der Waals surface area contributed by atoms with Gasteiger partial charge in [0.1, 0.15) is 5.69 Å². The maximum atomic E-state index is 12.3. The van der Waals surface area contributed by atoms with Gasteiger partial charge in [-0.25, -0.2) is 0 Å². The number of carbonyl (C=O) groups excluding carboxylic acids is 2. The molecule has 0 spiro atoms. The van der Waals surface area contributed by atoms with Crippen molar-refractivity contribution in [3.05, 3.63) is 17.5 Å². The van der Waals surface area contributed by atoms with E-state index in [4.69, 9.17) is 0 Å². The first-order chi connectivity index (χ1) is 11.3. The molecule has 1 aliphatic rings. The summed E-state index contributed by atoms with van der Waals surface area (Å²) in [6.45, 7) is 6.92. The van der Waals surface area contributed by atoms with Crippen LogP contribution in [-0.2, 0) is 15.1 Å². The zero-order valence-electron chi connectivity index (χ0n) is 15.2. The van der Waals surface area contributed by atoms with Crippen LogP contribution in [0.2, 0.25) is 0 Å². The van der Waals surface area contributed by atoms with E-state index >= 15 is 0 Å². The van der Waals surface area contributed by atoms with Gasteiger partial charge in [-0.3, -0.25) is 14.3 Å². The molecule has 0 atom stereocenters. The van der Waals surface area contributed by atoms with Gasteiger partial charge in [-0.15, -0.1) is 0 Å². The number of amides is 1. The second kappa shape index (κ2) is 7.81. The van der Waals surface area contributed by atoms with E-state index in [1.165, 1.54) is 25.6 Å². The van der Waals surface area contributed by atoms with Crippen molar-refractivity contribution in [2.45, 2.75) is 70.8 Å². The second-order valence-corrected chi connectivity index (χ2v) is 7.45. The smallest absolute Gasteiger partial charge is 0.305 e. The Kier molecular flexibility index (Phi) is 6.02. The summed E-state index contributed by atoms with van der Waals surface area (Å²) < 4.78 is 6.59. The van der Waals surface area contributed by atoms with Crippen LogP contribution in [-0.4, -0.2) is 35.3 Å². The quantitative estimate of drug-likeness (QED) is 0.585. The minimum atomic E-state index is -0.181. The molecular weight excluding hydrogens is 306 g/mol. The number of esters is 1. The average molecular weight is 335 g/mol. The molecule has 1 aliphatic carbocycles. The topological polar surface area (TPSA) is 73.2 Å². The third-order valence-electron chi connectivity index (χ3n) is 4.17. The number of rotatable bonds is 8. The molecule has 0 bridgehead atoms. The Hall–Kier alpha value is -1.85. The van der Waals surface area contributed by atoms with E-state index in [0.717, 1.165) is 19.3 Å². The minimum absolute atomic E-state index is 0.118.